The molecule has 0 amide bonds. The summed E-state index contributed by atoms with van der Waals surface area (Å²) in [5, 5.41) is 1.94. The van der Waals surface area contributed by atoms with Crippen LogP contribution in [-0.4, -0.2) is 24.6 Å². The van der Waals surface area contributed by atoms with Crippen LogP contribution in [0.3, 0.4) is 0 Å². The van der Waals surface area contributed by atoms with E-state index < -0.39 is 0 Å². The number of hydrogen-bond acceptors (Lipinski definition) is 4. The number of methoxy groups -OCH3 is 1. The second kappa shape index (κ2) is 7.91. The van der Waals surface area contributed by atoms with Crippen LogP contribution >= 0.6 is 0 Å². The Morgan fingerprint density at radius 2 is 1.62 bits per heavy atom. The third-order valence-corrected chi connectivity index (χ3v) is 4.14. The fourth-order valence-electron chi connectivity index (χ4n) is 2.92. The van der Waals surface area contributed by atoms with Gasteiger partial charge in [0, 0.05) is 12.7 Å². The number of carbonyl (C=O) groups excluding carboxylic acids is 1. The third kappa shape index (κ3) is 4.14. The van der Waals surface area contributed by atoms with Gasteiger partial charge in [0.1, 0.15) is 0 Å². The molecule has 0 radical (unpaired) electrons. The van der Waals surface area contributed by atoms with E-state index in [4.69, 9.17) is 4.74 Å². The lowest BCUT2D eigenvalue weighted by Crippen LogP contribution is -2.38. The number of hydrazine groups is 1. The van der Waals surface area contributed by atoms with Crippen LogP contribution in [0.2, 0.25) is 0 Å². The summed E-state index contributed by atoms with van der Waals surface area (Å²) < 4.78 is 4.90. The van der Waals surface area contributed by atoms with Gasteiger partial charge in [-0.2, -0.15) is 0 Å². The zero-order valence-electron chi connectivity index (χ0n) is 15.4. The van der Waals surface area contributed by atoms with Gasteiger partial charge in [0.25, 0.3) is 0 Å². The fourth-order valence-corrected chi connectivity index (χ4v) is 2.92. The second-order valence-electron chi connectivity index (χ2n) is 6.74. The number of ether oxygens (including phenoxy) is 1. The first-order valence-corrected chi connectivity index (χ1v) is 8.78. The summed E-state index contributed by atoms with van der Waals surface area (Å²) in [6, 6.07) is 18.6. The lowest BCUT2D eigenvalue weighted by molar-refractivity contribution is -0.135. The van der Waals surface area contributed by atoms with Gasteiger partial charge in [-0.1, -0.05) is 68.4 Å². The van der Waals surface area contributed by atoms with Crippen LogP contribution in [0.4, 0.5) is 0 Å². The molecule has 1 heterocycles. The lowest BCUT2D eigenvalue weighted by Gasteiger charge is -2.30. The highest BCUT2D eigenvalue weighted by Crippen LogP contribution is 2.24. The molecule has 0 saturated carbocycles. The molecule has 0 fully saturated rings. The first kappa shape index (κ1) is 17.8. The maximum Gasteiger partial charge on any atom is 0.339 e. The topological polar surface area (TPSA) is 41.6 Å². The van der Waals surface area contributed by atoms with E-state index in [-0.39, 0.29) is 5.97 Å². The predicted molar refractivity (Wildman–Crippen MR) is 105 cm³/mol. The molecule has 1 aliphatic heterocycles. The predicted octanol–water partition coefficient (Wildman–Crippen LogP) is 4.23. The number of esters is 1. The maximum atomic E-state index is 12.0. The van der Waals surface area contributed by atoms with E-state index in [9.17, 15) is 4.79 Å². The van der Waals surface area contributed by atoms with Crippen molar-refractivity contribution in [1.29, 1.82) is 0 Å². The van der Waals surface area contributed by atoms with E-state index >= 15 is 0 Å². The van der Waals surface area contributed by atoms with E-state index in [0.29, 0.717) is 11.5 Å². The highest BCUT2D eigenvalue weighted by Gasteiger charge is 2.18. The number of nitrogens with one attached hydrogen (secondary N) is 1. The zero-order chi connectivity index (χ0) is 18.5. The van der Waals surface area contributed by atoms with Crippen LogP contribution in [-0.2, 0) is 9.53 Å². The van der Waals surface area contributed by atoms with E-state index in [0.717, 1.165) is 23.4 Å². The zero-order valence-corrected chi connectivity index (χ0v) is 15.4. The maximum absolute atomic E-state index is 12.0. The number of hydrogen-bond donors (Lipinski definition) is 1. The molecule has 26 heavy (non-hydrogen) atoms. The number of rotatable bonds is 5. The largest absolute Gasteiger partial charge is 0.465 e. The molecule has 2 aromatic rings. The van der Waals surface area contributed by atoms with Crippen molar-refractivity contribution in [3.8, 4) is 11.1 Å². The van der Waals surface area contributed by atoms with Crippen molar-refractivity contribution in [3.05, 3.63) is 78.0 Å². The van der Waals surface area contributed by atoms with Gasteiger partial charge in [0.2, 0.25) is 0 Å². The molecule has 2 aromatic carbocycles. The summed E-state index contributed by atoms with van der Waals surface area (Å²) in [7, 11) is 1.40. The Hall–Kier alpha value is -3.01. The standard InChI is InChI=1S/C22H24N2O2/c1-16(2)14-24-15-20(22(25)26-3)13-21(23-24)19-11-9-18(10-12-19)17-7-5-4-6-8-17/h4-13,15-16,23H,14H2,1-3H3. The van der Waals surface area contributed by atoms with Crippen molar-refractivity contribution in [2.75, 3.05) is 13.7 Å². The average molecular weight is 348 g/mol. The van der Waals surface area contributed by atoms with Crippen molar-refractivity contribution < 1.29 is 9.53 Å². The van der Waals surface area contributed by atoms with Gasteiger partial charge in [-0.05, 0) is 28.7 Å². The van der Waals surface area contributed by atoms with Crippen molar-refractivity contribution in [1.82, 2.24) is 10.4 Å². The molecule has 1 N–H and O–H groups in total. The van der Waals surface area contributed by atoms with Crippen molar-refractivity contribution in [2.45, 2.75) is 13.8 Å². The number of benzene rings is 2. The molecule has 0 spiro atoms. The van der Waals surface area contributed by atoms with E-state index in [1.54, 1.807) is 6.20 Å². The van der Waals surface area contributed by atoms with Crippen LogP contribution in [0, 0.1) is 5.92 Å². The van der Waals surface area contributed by atoms with Crippen molar-refractivity contribution >= 4 is 11.7 Å². The summed E-state index contributed by atoms with van der Waals surface area (Å²) in [6.07, 6.45) is 3.63. The van der Waals surface area contributed by atoms with E-state index in [1.165, 1.54) is 12.7 Å². The average Bonchev–Trinajstić information content (AvgIpc) is 2.67. The van der Waals surface area contributed by atoms with E-state index in [1.807, 2.05) is 29.3 Å². The highest BCUT2D eigenvalue weighted by atomic mass is 16.5. The Kier molecular flexibility index (Phi) is 5.42. The highest BCUT2D eigenvalue weighted by molar-refractivity contribution is 5.94. The molecular weight excluding hydrogens is 324 g/mol. The molecule has 4 nitrogen and oxygen atoms in total. The van der Waals surface area contributed by atoms with Crippen LogP contribution in [0.5, 0.6) is 0 Å². The minimum atomic E-state index is -0.335. The number of carbonyl (C=O) groups is 1. The minimum absolute atomic E-state index is 0.335. The molecule has 3 rings (SSSR count). The molecule has 0 atom stereocenters. The molecule has 4 heteroatoms. The Morgan fingerprint density at radius 3 is 2.23 bits per heavy atom. The summed E-state index contributed by atoms with van der Waals surface area (Å²) in [6.45, 7) is 5.07. The summed E-state index contributed by atoms with van der Waals surface area (Å²) in [4.78, 5) is 12.0. The molecule has 0 bridgehead atoms. The first-order chi connectivity index (χ1) is 12.6. The second-order valence-corrected chi connectivity index (χ2v) is 6.74. The Labute approximate surface area is 154 Å². The summed E-state index contributed by atoms with van der Waals surface area (Å²) in [5.74, 6) is 0.121. The van der Waals surface area contributed by atoms with Gasteiger partial charge in [-0.15, -0.1) is 0 Å². The Morgan fingerprint density at radius 1 is 1.00 bits per heavy atom. The molecule has 0 unspecified atom stereocenters. The van der Waals surface area contributed by atoms with Crippen LogP contribution in [0.1, 0.15) is 19.4 Å². The third-order valence-electron chi connectivity index (χ3n) is 4.14. The molecular formula is C22H24N2O2. The van der Waals surface area contributed by atoms with Gasteiger partial charge < -0.3 is 4.74 Å². The molecule has 0 aromatic heterocycles. The van der Waals surface area contributed by atoms with Crippen LogP contribution in [0.25, 0.3) is 16.8 Å². The smallest absolute Gasteiger partial charge is 0.339 e. The molecule has 0 aliphatic carbocycles. The van der Waals surface area contributed by atoms with Gasteiger partial charge in [-0.3, -0.25) is 10.4 Å². The normalized spacial score (nSPS) is 13.8. The monoisotopic (exact) mass is 348 g/mol. The minimum Gasteiger partial charge on any atom is -0.465 e. The molecule has 134 valence electrons. The summed E-state index contributed by atoms with van der Waals surface area (Å²) >= 11 is 0. The van der Waals surface area contributed by atoms with Crippen LogP contribution in [0.15, 0.2) is 72.4 Å². The van der Waals surface area contributed by atoms with Gasteiger partial charge in [0.05, 0.1) is 18.4 Å². The van der Waals surface area contributed by atoms with Gasteiger partial charge in [0.15, 0.2) is 0 Å². The van der Waals surface area contributed by atoms with Crippen LogP contribution < -0.4 is 5.43 Å². The quantitative estimate of drug-likeness (QED) is 0.821. The number of nitrogens with zero attached hydrogens (tertiary/aromatic N) is 1. The van der Waals surface area contributed by atoms with E-state index in [2.05, 4.69) is 55.7 Å². The fraction of sp³-hybridized carbons (Fsp3) is 0.227. The molecule has 0 saturated heterocycles. The SMILES string of the molecule is COC(=O)C1=CN(CC(C)C)NC(c2ccc(-c3ccccc3)cc2)=C1. The van der Waals surface area contributed by atoms with Gasteiger partial charge in [-0.25, -0.2) is 4.79 Å². The Bertz CT molecular complexity index is 821. The molecule has 1 aliphatic rings. The van der Waals surface area contributed by atoms with Crippen molar-refractivity contribution in [3.63, 3.8) is 0 Å². The lowest BCUT2D eigenvalue weighted by atomic mass is 10.0. The Balaban J connectivity index is 1.88. The summed E-state index contributed by atoms with van der Waals surface area (Å²) in [5.41, 5.74) is 8.16. The van der Waals surface area contributed by atoms with Gasteiger partial charge >= 0.3 is 5.97 Å². The first-order valence-electron chi connectivity index (χ1n) is 8.78. The van der Waals surface area contributed by atoms with Crippen molar-refractivity contribution in [2.24, 2.45) is 5.92 Å².